The number of nitrogens with zero attached hydrogens (tertiary/aromatic N) is 4. The predicted octanol–water partition coefficient (Wildman–Crippen LogP) is -1.59. The van der Waals surface area contributed by atoms with Gasteiger partial charge in [-0.25, -0.2) is 15.0 Å². The van der Waals surface area contributed by atoms with Crippen molar-refractivity contribution in [2.45, 2.75) is 30.5 Å². The Morgan fingerprint density at radius 3 is 2.86 bits per heavy atom. The van der Waals surface area contributed by atoms with Gasteiger partial charge in [0, 0.05) is 0 Å². The summed E-state index contributed by atoms with van der Waals surface area (Å²) in [5.74, 6) is 2.31. The second kappa shape index (κ2) is 4.62. The van der Waals surface area contributed by atoms with Crippen LogP contribution in [-0.2, 0) is 4.74 Å². The van der Waals surface area contributed by atoms with E-state index in [4.69, 9.17) is 16.9 Å². The Morgan fingerprint density at radius 1 is 1.50 bits per heavy atom. The fourth-order valence-electron chi connectivity index (χ4n) is 2.59. The summed E-state index contributed by atoms with van der Waals surface area (Å²) in [6, 6.07) is 0. The van der Waals surface area contributed by atoms with Crippen molar-refractivity contribution in [3.8, 4) is 12.3 Å². The van der Waals surface area contributed by atoms with Crippen LogP contribution in [0.5, 0.6) is 0 Å². The van der Waals surface area contributed by atoms with Gasteiger partial charge in [-0.05, 0) is 6.92 Å². The molecule has 3 rings (SSSR count). The molecule has 2 aromatic heterocycles. The van der Waals surface area contributed by atoms with E-state index in [0.29, 0.717) is 11.2 Å². The van der Waals surface area contributed by atoms with Gasteiger partial charge < -0.3 is 25.8 Å². The van der Waals surface area contributed by atoms with E-state index in [-0.39, 0.29) is 5.82 Å². The lowest BCUT2D eigenvalue weighted by atomic mass is 9.88. The maximum Gasteiger partial charge on any atom is 0.199 e. The molecule has 0 amide bonds. The number of ether oxygens (including phenoxy) is 1. The fraction of sp³-hybridized carbons (Fsp3) is 0.462. The number of imidazole rings is 1. The second-order valence-corrected chi connectivity index (χ2v) is 5.40. The predicted molar refractivity (Wildman–Crippen MR) is 75.1 cm³/mol. The third kappa shape index (κ3) is 1.72. The molecule has 0 unspecified atom stereocenters. The summed E-state index contributed by atoms with van der Waals surface area (Å²) in [6.45, 7) is 0.918. The maximum absolute atomic E-state index is 10.7. The molecule has 1 aliphatic rings. The van der Waals surface area contributed by atoms with Crippen LogP contribution in [0.4, 0.5) is 5.82 Å². The standard InChI is InChI=1S/C13H15N5O4/c1-3-13(21)10(20)12(2,4-19)22-11(13)18-6-17-7-8(14)15-5-16-9(7)18/h1,5-6,10-11,19-21H,4H2,2H3,(H2,14,15,16)/t10-,11-,12-,13-/m1/s1. The molecule has 4 atom stereocenters. The number of nitrogen functional groups attached to an aromatic ring is 1. The third-order valence-corrected chi connectivity index (χ3v) is 3.94. The van der Waals surface area contributed by atoms with Gasteiger partial charge in [-0.1, -0.05) is 5.92 Å². The highest BCUT2D eigenvalue weighted by molar-refractivity contribution is 5.81. The number of terminal acetylenes is 1. The van der Waals surface area contributed by atoms with Gasteiger partial charge in [0.15, 0.2) is 23.3 Å². The lowest BCUT2D eigenvalue weighted by molar-refractivity contribution is -0.117. The Bertz CT molecular complexity index is 771. The van der Waals surface area contributed by atoms with E-state index in [0.717, 1.165) is 0 Å². The van der Waals surface area contributed by atoms with E-state index in [1.165, 1.54) is 24.1 Å². The SMILES string of the molecule is C#C[C@]1(O)[C@H](n2cnc3c(N)ncnc32)O[C@](C)(CO)[C@H]1O. The highest BCUT2D eigenvalue weighted by Crippen LogP contribution is 2.44. The second-order valence-electron chi connectivity index (χ2n) is 5.40. The average Bonchev–Trinajstić information content (AvgIpc) is 3.03. The van der Waals surface area contributed by atoms with Gasteiger partial charge in [-0.2, -0.15) is 0 Å². The van der Waals surface area contributed by atoms with E-state index in [9.17, 15) is 15.3 Å². The number of anilines is 1. The summed E-state index contributed by atoms with van der Waals surface area (Å²) in [4.78, 5) is 11.9. The van der Waals surface area contributed by atoms with Gasteiger partial charge in [0.05, 0.1) is 12.9 Å². The van der Waals surface area contributed by atoms with Crippen LogP contribution in [0.25, 0.3) is 11.2 Å². The number of rotatable bonds is 2. The molecule has 9 nitrogen and oxygen atoms in total. The van der Waals surface area contributed by atoms with E-state index >= 15 is 0 Å². The lowest BCUT2D eigenvalue weighted by Crippen LogP contribution is -2.50. The molecule has 0 spiro atoms. The molecule has 0 aliphatic carbocycles. The smallest absolute Gasteiger partial charge is 0.199 e. The van der Waals surface area contributed by atoms with Crippen LogP contribution in [-0.4, -0.2) is 58.8 Å². The van der Waals surface area contributed by atoms with Gasteiger partial charge in [-0.3, -0.25) is 4.57 Å². The third-order valence-electron chi connectivity index (χ3n) is 3.94. The van der Waals surface area contributed by atoms with Gasteiger partial charge in [-0.15, -0.1) is 6.42 Å². The summed E-state index contributed by atoms with van der Waals surface area (Å²) >= 11 is 0. The molecule has 0 aromatic carbocycles. The first-order valence-corrected chi connectivity index (χ1v) is 6.47. The van der Waals surface area contributed by atoms with Crippen molar-refractivity contribution in [3.63, 3.8) is 0 Å². The first-order valence-electron chi connectivity index (χ1n) is 6.47. The fourth-order valence-corrected chi connectivity index (χ4v) is 2.59. The molecule has 1 saturated heterocycles. The Labute approximate surface area is 125 Å². The Hall–Kier alpha value is -2.25. The number of aliphatic hydroxyl groups is 3. The summed E-state index contributed by atoms with van der Waals surface area (Å²) in [5, 5.41) is 30.4. The summed E-state index contributed by atoms with van der Waals surface area (Å²) < 4.78 is 7.00. The first kappa shape index (κ1) is 14.7. The minimum atomic E-state index is -2.06. The summed E-state index contributed by atoms with van der Waals surface area (Å²) in [7, 11) is 0. The molecule has 22 heavy (non-hydrogen) atoms. The van der Waals surface area contributed by atoms with Gasteiger partial charge in [0.1, 0.15) is 23.5 Å². The number of aliphatic hydroxyl groups excluding tert-OH is 2. The summed E-state index contributed by atoms with van der Waals surface area (Å²) in [6.07, 6.45) is 5.27. The van der Waals surface area contributed by atoms with Crippen LogP contribution in [0.15, 0.2) is 12.7 Å². The van der Waals surface area contributed by atoms with Crippen LogP contribution in [0.1, 0.15) is 13.2 Å². The highest BCUT2D eigenvalue weighted by Gasteiger charge is 2.61. The van der Waals surface area contributed by atoms with Crippen molar-refractivity contribution in [2.24, 2.45) is 0 Å². The molecule has 1 aliphatic heterocycles. The lowest BCUT2D eigenvalue weighted by Gasteiger charge is -2.27. The zero-order chi connectivity index (χ0) is 16.1. The van der Waals surface area contributed by atoms with Gasteiger partial charge in [0.25, 0.3) is 0 Å². The van der Waals surface area contributed by atoms with Crippen LogP contribution in [0.3, 0.4) is 0 Å². The summed E-state index contributed by atoms with van der Waals surface area (Å²) in [5.41, 5.74) is 2.83. The van der Waals surface area contributed by atoms with Crippen LogP contribution < -0.4 is 5.73 Å². The van der Waals surface area contributed by atoms with Crippen LogP contribution >= 0.6 is 0 Å². The molecular weight excluding hydrogens is 290 g/mol. The quantitative estimate of drug-likeness (QED) is 0.487. The molecule has 3 heterocycles. The van der Waals surface area contributed by atoms with Crippen molar-refractivity contribution >= 4 is 17.0 Å². The van der Waals surface area contributed by atoms with E-state index in [1.807, 2.05) is 0 Å². The molecule has 1 fully saturated rings. The van der Waals surface area contributed by atoms with Gasteiger partial charge in [0.2, 0.25) is 0 Å². The number of nitrogens with two attached hydrogens (primary N) is 1. The Balaban J connectivity index is 2.18. The highest BCUT2D eigenvalue weighted by atomic mass is 16.6. The van der Waals surface area contributed by atoms with Crippen molar-refractivity contribution in [1.29, 1.82) is 0 Å². The molecule has 116 valence electrons. The van der Waals surface area contributed by atoms with Crippen molar-refractivity contribution < 1.29 is 20.1 Å². The largest absolute Gasteiger partial charge is 0.393 e. The average molecular weight is 305 g/mol. The van der Waals surface area contributed by atoms with E-state index in [1.54, 1.807) is 0 Å². The minimum Gasteiger partial charge on any atom is -0.393 e. The molecule has 9 heteroatoms. The maximum atomic E-state index is 10.7. The first-order chi connectivity index (χ1) is 10.4. The van der Waals surface area contributed by atoms with E-state index < -0.39 is 30.1 Å². The molecule has 0 bridgehead atoms. The van der Waals surface area contributed by atoms with Crippen LogP contribution in [0.2, 0.25) is 0 Å². The zero-order valence-corrected chi connectivity index (χ0v) is 11.7. The Kier molecular flexibility index (Phi) is 3.08. The number of hydrogen-bond acceptors (Lipinski definition) is 8. The zero-order valence-electron chi connectivity index (χ0n) is 11.7. The topological polar surface area (TPSA) is 140 Å². The molecule has 5 N–H and O–H groups in total. The van der Waals surface area contributed by atoms with E-state index in [2.05, 4.69) is 20.9 Å². The van der Waals surface area contributed by atoms with Crippen molar-refractivity contribution in [2.75, 3.05) is 12.3 Å². The Morgan fingerprint density at radius 2 is 2.23 bits per heavy atom. The minimum absolute atomic E-state index is 0.163. The number of hydrogen-bond donors (Lipinski definition) is 4. The molecule has 0 saturated carbocycles. The molecule has 0 radical (unpaired) electrons. The number of fused-ring (bicyclic) bond motifs is 1. The molecular formula is C13H15N5O4. The van der Waals surface area contributed by atoms with Crippen LogP contribution in [0, 0.1) is 12.3 Å². The normalized spacial score (nSPS) is 34.9. The number of aromatic nitrogens is 4. The molecule has 2 aromatic rings. The monoisotopic (exact) mass is 305 g/mol. The van der Waals surface area contributed by atoms with Crippen molar-refractivity contribution in [1.82, 2.24) is 19.5 Å². The van der Waals surface area contributed by atoms with Crippen molar-refractivity contribution in [3.05, 3.63) is 12.7 Å². The van der Waals surface area contributed by atoms with Gasteiger partial charge >= 0.3 is 0 Å².